The second kappa shape index (κ2) is 9.72. The van der Waals surface area contributed by atoms with E-state index in [0.29, 0.717) is 41.0 Å². The number of ether oxygens (including phenoxy) is 1. The molecule has 0 atom stereocenters. The molecular weight excluding hydrogens is 530 g/mol. The smallest absolute Gasteiger partial charge is 0.434 e. The normalized spacial score (nSPS) is 15.4. The number of benzene rings is 1. The summed E-state index contributed by atoms with van der Waals surface area (Å²) < 4.78 is 63.4. The zero-order valence-electron chi connectivity index (χ0n) is 21.7. The van der Waals surface area contributed by atoms with Crippen molar-refractivity contribution in [3.05, 3.63) is 59.6 Å². The van der Waals surface area contributed by atoms with Gasteiger partial charge >= 0.3 is 6.18 Å². The van der Waals surface area contributed by atoms with Crippen LogP contribution in [-0.4, -0.2) is 42.3 Å². The van der Waals surface area contributed by atoms with Crippen LogP contribution in [-0.2, 0) is 30.6 Å². The fourth-order valence-corrected chi connectivity index (χ4v) is 5.02. The van der Waals surface area contributed by atoms with Crippen LogP contribution in [0.3, 0.4) is 0 Å². The second-order valence-corrected chi connectivity index (χ2v) is 9.81. The molecule has 1 aliphatic carbocycles. The lowest BCUT2D eigenvalue weighted by atomic mass is 10.1. The number of hydrogen-bond donors (Lipinski definition) is 0. The number of aromatic nitrogens is 6. The molecule has 6 rings (SSSR count). The number of halogens is 4. The lowest BCUT2D eigenvalue weighted by molar-refractivity contribution is -0.140. The van der Waals surface area contributed by atoms with Crippen LogP contribution in [0.4, 0.5) is 23.4 Å². The molecule has 1 saturated carbocycles. The van der Waals surface area contributed by atoms with E-state index in [9.17, 15) is 18.0 Å². The third-order valence-corrected chi connectivity index (χ3v) is 7.15. The van der Waals surface area contributed by atoms with Crippen molar-refractivity contribution in [2.24, 2.45) is 0 Å². The molecular formula is C27H25F4N7O2. The molecule has 13 heteroatoms. The molecule has 4 heterocycles. The van der Waals surface area contributed by atoms with Crippen molar-refractivity contribution in [2.45, 2.75) is 57.9 Å². The van der Waals surface area contributed by atoms with Gasteiger partial charge in [-0.1, -0.05) is 6.07 Å². The molecule has 0 spiro atoms. The predicted octanol–water partition coefficient (Wildman–Crippen LogP) is 5.20. The fourth-order valence-electron chi connectivity index (χ4n) is 5.02. The minimum atomic E-state index is -4.64. The summed E-state index contributed by atoms with van der Waals surface area (Å²) in [6.07, 6.45) is -0.0595. The van der Waals surface area contributed by atoms with E-state index in [1.165, 1.54) is 35.0 Å². The maximum Gasteiger partial charge on any atom is 0.434 e. The van der Waals surface area contributed by atoms with E-state index in [-0.39, 0.29) is 36.8 Å². The number of alkyl halides is 3. The van der Waals surface area contributed by atoms with E-state index >= 15 is 4.39 Å². The number of fused-ring (bicyclic) bond motifs is 1. The van der Waals surface area contributed by atoms with E-state index < -0.39 is 17.7 Å². The number of methoxy groups -OCH3 is 1. The summed E-state index contributed by atoms with van der Waals surface area (Å²) in [5.74, 6) is 0.257. The van der Waals surface area contributed by atoms with Gasteiger partial charge in [-0.25, -0.2) is 24.0 Å². The summed E-state index contributed by atoms with van der Waals surface area (Å²) in [5.41, 5.74) is 1.47. The van der Waals surface area contributed by atoms with Crippen LogP contribution in [0.2, 0.25) is 0 Å². The molecule has 0 saturated heterocycles. The monoisotopic (exact) mass is 555 g/mol. The molecule has 0 N–H and O–H groups in total. The van der Waals surface area contributed by atoms with Gasteiger partial charge in [-0.3, -0.25) is 9.69 Å². The molecule has 1 aromatic carbocycles. The van der Waals surface area contributed by atoms with Gasteiger partial charge in [-0.15, -0.1) is 0 Å². The summed E-state index contributed by atoms with van der Waals surface area (Å²) in [4.78, 5) is 26.9. The second-order valence-electron chi connectivity index (χ2n) is 9.81. The lowest BCUT2D eigenvalue weighted by Crippen LogP contribution is -2.36. The third-order valence-electron chi connectivity index (χ3n) is 7.15. The summed E-state index contributed by atoms with van der Waals surface area (Å²) in [7, 11) is 1.53. The van der Waals surface area contributed by atoms with E-state index in [0.717, 1.165) is 24.7 Å². The van der Waals surface area contributed by atoms with Crippen molar-refractivity contribution >= 4 is 11.7 Å². The number of nitrogens with zero attached hydrogens (tertiary/aromatic N) is 7. The first-order valence-electron chi connectivity index (χ1n) is 12.9. The molecule has 1 amide bonds. The summed E-state index contributed by atoms with van der Waals surface area (Å²) in [6, 6.07) is 5.99. The Morgan fingerprint density at radius 3 is 2.62 bits per heavy atom. The average Bonchev–Trinajstić information content (AvgIpc) is 3.53. The Morgan fingerprint density at radius 2 is 1.95 bits per heavy atom. The third kappa shape index (κ3) is 4.58. The van der Waals surface area contributed by atoms with Crippen molar-refractivity contribution in [3.8, 4) is 28.5 Å². The number of carbonyl (C=O) groups excluding carboxylic acids is 1. The minimum absolute atomic E-state index is 0.0507. The highest BCUT2D eigenvalue weighted by atomic mass is 19.4. The van der Waals surface area contributed by atoms with Gasteiger partial charge in [0.2, 0.25) is 11.8 Å². The van der Waals surface area contributed by atoms with Gasteiger partial charge in [0.15, 0.2) is 5.69 Å². The summed E-state index contributed by atoms with van der Waals surface area (Å²) in [5, 5.41) is 4.73. The highest BCUT2D eigenvalue weighted by Crippen LogP contribution is 2.46. The Kier molecular flexibility index (Phi) is 6.31. The van der Waals surface area contributed by atoms with Gasteiger partial charge in [0.25, 0.3) is 0 Å². The van der Waals surface area contributed by atoms with Crippen LogP contribution in [0.5, 0.6) is 5.88 Å². The first-order valence-corrected chi connectivity index (χ1v) is 12.9. The Morgan fingerprint density at radius 1 is 1.15 bits per heavy atom. The van der Waals surface area contributed by atoms with Crippen LogP contribution in [0.1, 0.15) is 49.1 Å². The number of imidazole rings is 1. The lowest BCUT2D eigenvalue weighted by Gasteiger charge is -2.27. The molecule has 9 nitrogen and oxygen atoms in total. The summed E-state index contributed by atoms with van der Waals surface area (Å²) in [6.45, 7) is 2.28. The molecule has 40 heavy (non-hydrogen) atoms. The van der Waals surface area contributed by atoms with Crippen molar-refractivity contribution < 1.29 is 27.1 Å². The summed E-state index contributed by atoms with van der Waals surface area (Å²) >= 11 is 0. The molecule has 0 bridgehead atoms. The number of hydrogen-bond acceptors (Lipinski definition) is 6. The SMILES string of the molecule is CCn1cc(C(F)(F)F)nc1-c1ccc(CN2C(=O)CCn3nc(-c4c(OC)ncnc4C4CC4)cc32)cc1F. The highest BCUT2D eigenvalue weighted by Gasteiger charge is 2.36. The number of carbonyl (C=O) groups is 1. The van der Waals surface area contributed by atoms with Gasteiger partial charge in [0.05, 0.1) is 37.0 Å². The molecule has 0 radical (unpaired) electrons. The fraction of sp³-hybridized carbons (Fsp3) is 0.370. The number of aryl methyl sites for hydroxylation is 2. The number of amides is 1. The quantitative estimate of drug-likeness (QED) is 0.291. The van der Waals surface area contributed by atoms with E-state index in [2.05, 4.69) is 15.0 Å². The zero-order chi connectivity index (χ0) is 28.2. The van der Waals surface area contributed by atoms with Crippen LogP contribution in [0.15, 0.2) is 36.8 Å². The van der Waals surface area contributed by atoms with Crippen molar-refractivity contribution in [3.63, 3.8) is 0 Å². The van der Waals surface area contributed by atoms with E-state index in [4.69, 9.17) is 9.84 Å². The maximum absolute atomic E-state index is 15.3. The van der Waals surface area contributed by atoms with Gasteiger partial charge in [0, 0.05) is 31.1 Å². The molecule has 3 aromatic heterocycles. The van der Waals surface area contributed by atoms with Gasteiger partial charge in [0.1, 0.15) is 29.5 Å². The zero-order valence-corrected chi connectivity index (χ0v) is 21.7. The van der Waals surface area contributed by atoms with Gasteiger partial charge < -0.3 is 9.30 Å². The standard InChI is InChI=1S/C27H25F4N7O2/c1-3-36-13-20(27(29,30)31)34-25(36)17-7-4-15(10-18(17)28)12-37-21-11-19(35-38(21)9-8-22(37)39)23-24(16-5-6-16)32-14-33-26(23)40-2/h4,7,10-11,13-14,16H,3,5-6,8-9,12H2,1-2H3. The number of rotatable bonds is 7. The van der Waals surface area contributed by atoms with E-state index in [1.807, 2.05) is 0 Å². The van der Waals surface area contributed by atoms with Gasteiger partial charge in [-0.2, -0.15) is 18.3 Å². The van der Waals surface area contributed by atoms with Crippen molar-refractivity contribution in [1.82, 2.24) is 29.3 Å². The largest absolute Gasteiger partial charge is 0.480 e. The van der Waals surface area contributed by atoms with E-state index in [1.54, 1.807) is 23.7 Å². The van der Waals surface area contributed by atoms with Crippen molar-refractivity contribution in [2.75, 3.05) is 12.0 Å². The Bertz CT molecular complexity index is 1610. The highest BCUT2D eigenvalue weighted by molar-refractivity contribution is 5.94. The maximum atomic E-state index is 15.3. The molecule has 0 unspecified atom stereocenters. The Balaban J connectivity index is 1.32. The van der Waals surface area contributed by atoms with Crippen molar-refractivity contribution in [1.29, 1.82) is 0 Å². The first kappa shape index (κ1) is 26.0. The molecule has 208 valence electrons. The van der Waals surface area contributed by atoms with Gasteiger partial charge in [-0.05, 0) is 37.5 Å². The van der Waals surface area contributed by atoms with Crippen LogP contribution in [0, 0.1) is 5.82 Å². The average molecular weight is 556 g/mol. The molecule has 1 aliphatic heterocycles. The minimum Gasteiger partial charge on any atom is -0.480 e. The Labute approximate surface area is 226 Å². The Hall–Kier alpha value is -4.29. The topological polar surface area (TPSA) is 91.0 Å². The number of anilines is 1. The molecule has 2 aliphatic rings. The van der Waals surface area contributed by atoms with Crippen LogP contribution < -0.4 is 9.64 Å². The van der Waals surface area contributed by atoms with Crippen LogP contribution >= 0.6 is 0 Å². The molecule has 1 fully saturated rings. The first-order chi connectivity index (χ1) is 19.2. The predicted molar refractivity (Wildman–Crippen MR) is 136 cm³/mol. The van der Waals surface area contributed by atoms with Crippen LogP contribution in [0.25, 0.3) is 22.6 Å². The molecule has 4 aromatic rings.